The van der Waals surface area contributed by atoms with Crippen LogP contribution in [-0.4, -0.2) is 28.9 Å². The van der Waals surface area contributed by atoms with E-state index >= 15 is 0 Å². The minimum absolute atomic E-state index is 0.182. The van der Waals surface area contributed by atoms with Gasteiger partial charge in [0.1, 0.15) is 0 Å². The molecule has 0 atom stereocenters. The lowest BCUT2D eigenvalue weighted by atomic mass is 10.2. The first-order chi connectivity index (χ1) is 8.69. The molecule has 98 valence electrons. The van der Waals surface area contributed by atoms with Crippen LogP contribution in [-0.2, 0) is 11.2 Å². The third-order valence-corrected chi connectivity index (χ3v) is 3.20. The molecule has 1 heterocycles. The number of pyridine rings is 1. The molecular formula is C14H21N3O. The number of anilines is 1. The second-order valence-electron chi connectivity index (χ2n) is 5.04. The minimum atomic E-state index is 0.182. The molecule has 0 bridgehead atoms. The molecule has 0 unspecified atom stereocenters. The first kappa shape index (κ1) is 12.9. The van der Waals surface area contributed by atoms with Gasteiger partial charge in [0.05, 0.1) is 18.3 Å². The van der Waals surface area contributed by atoms with E-state index in [2.05, 4.69) is 11.9 Å². The van der Waals surface area contributed by atoms with E-state index in [1.807, 2.05) is 11.0 Å². The van der Waals surface area contributed by atoms with E-state index in [9.17, 15) is 4.79 Å². The van der Waals surface area contributed by atoms with Crippen LogP contribution in [0.4, 0.5) is 5.69 Å². The molecule has 1 aliphatic carbocycles. The molecule has 1 fully saturated rings. The van der Waals surface area contributed by atoms with Crippen LogP contribution >= 0.6 is 0 Å². The number of hydrogen-bond donors (Lipinski definition) is 1. The van der Waals surface area contributed by atoms with Gasteiger partial charge in [-0.25, -0.2) is 0 Å². The summed E-state index contributed by atoms with van der Waals surface area (Å²) in [6.45, 7) is 3.88. The Bertz CT molecular complexity index is 398. The quantitative estimate of drug-likeness (QED) is 0.834. The average molecular weight is 247 g/mol. The van der Waals surface area contributed by atoms with Crippen molar-refractivity contribution in [3.05, 3.63) is 24.0 Å². The first-order valence-corrected chi connectivity index (χ1v) is 6.67. The zero-order valence-corrected chi connectivity index (χ0v) is 10.9. The van der Waals surface area contributed by atoms with E-state index in [4.69, 9.17) is 5.73 Å². The fourth-order valence-electron chi connectivity index (χ4n) is 2.01. The highest BCUT2D eigenvalue weighted by Crippen LogP contribution is 2.29. The van der Waals surface area contributed by atoms with Crippen LogP contribution in [0.1, 0.15) is 31.9 Å². The Labute approximate surface area is 108 Å². The molecule has 4 heteroatoms. The molecule has 0 saturated heterocycles. The average Bonchev–Trinajstić information content (AvgIpc) is 3.15. The second-order valence-corrected chi connectivity index (χ2v) is 5.04. The van der Waals surface area contributed by atoms with Crippen molar-refractivity contribution < 1.29 is 4.79 Å². The highest BCUT2D eigenvalue weighted by Gasteiger charge is 2.26. The second kappa shape index (κ2) is 5.85. The standard InChI is InChI=1S/C14H21N3O/c1-2-7-17(10-11-3-4-11)14(18)8-13-6-5-12(15)9-16-13/h5-6,9,11H,2-4,7-8,10,15H2,1H3. The highest BCUT2D eigenvalue weighted by atomic mass is 16.2. The van der Waals surface area contributed by atoms with Gasteiger partial charge in [-0.1, -0.05) is 6.92 Å². The fourth-order valence-corrected chi connectivity index (χ4v) is 2.01. The number of carbonyl (C=O) groups excluding carboxylic acids is 1. The van der Waals surface area contributed by atoms with Crippen LogP contribution in [0.25, 0.3) is 0 Å². The predicted octanol–water partition coefficient (Wildman–Crippen LogP) is 1.85. The van der Waals surface area contributed by atoms with Gasteiger partial charge in [-0.05, 0) is 37.3 Å². The van der Waals surface area contributed by atoms with Crippen molar-refractivity contribution in [2.75, 3.05) is 18.8 Å². The summed E-state index contributed by atoms with van der Waals surface area (Å²) in [4.78, 5) is 18.4. The third-order valence-electron chi connectivity index (χ3n) is 3.20. The molecule has 1 aliphatic rings. The number of carbonyl (C=O) groups is 1. The van der Waals surface area contributed by atoms with E-state index in [1.165, 1.54) is 12.8 Å². The van der Waals surface area contributed by atoms with E-state index in [0.29, 0.717) is 12.1 Å². The van der Waals surface area contributed by atoms with Gasteiger partial charge in [0.15, 0.2) is 0 Å². The van der Waals surface area contributed by atoms with Crippen molar-refractivity contribution >= 4 is 11.6 Å². The first-order valence-electron chi connectivity index (χ1n) is 6.67. The molecule has 0 radical (unpaired) electrons. The number of rotatable bonds is 6. The van der Waals surface area contributed by atoms with Gasteiger partial charge in [-0.3, -0.25) is 9.78 Å². The molecule has 18 heavy (non-hydrogen) atoms. The summed E-state index contributed by atoms with van der Waals surface area (Å²) in [5.74, 6) is 0.917. The molecule has 0 spiro atoms. The van der Waals surface area contributed by atoms with Gasteiger partial charge < -0.3 is 10.6 Å². The Morgan fingerprint density at radius 2 is 2.28 bits per heavy atom. The molecule has 2 rings (SSSR count). The van der Waals surface area contributed by atoms with Gasteiger partial charge in [-0.2, -0.15) is 0 Å². The Kier molecular flexibility index (Phi) is 4.18. The van der Waals surface area contributed by atoms with Gasteiger partial charge in [0.2, 0.25) is 5.91 Å². The molecule has 1 saturated carbocycles. The van der Waals surface area contributed by atoms with Crippen molar-refractivity contribution in [2.24, 2.45) is 5.92 Å². The van der Waals surface area contributed by atoms with Crippen molar-refractivity contribution in [1.82, 2.24) is 9.88 Å². The number of hydrogen-bond acceptors (Lipinski definition) is 3. The van der Waals surface area contributed by atoms with Crippen LogP contribution < -0.4 is 5.73 Å². The molecule has 1 amide bonds. The topological polar surface area (TPSA) is 59.2 Å². The van der Waals surface area contributed by atoms with E-state index in [1.54, 1.807) is 12.3 Å². The number of nitrogens with two attached hydrogens (primary N) is 1. The number of nitrogens with zero attached hydrogens (tertiary/aromatic N) is 2. The molecular weight excluding hydrogens is 226 g/mol. The Morgan fingerprint density at radius 1 is 1.50 bits per heavy atom. The predicted molar refractivity (Wildman–Crippen MR) is 71.9 cm³/mol. The van der Waals surface area contributed by atoms with E-state index in [-0.39, 0.29) is 5.91 Å². The smallest absolute Gasteiger partial charge is 0.228 e. The summed E-state index contributed by atoms with van der Waals surface area (Å²) in [5.41, 5.74) is 7.01. The maximum atomic E-state index is 12.2. The Morgan fingerprint density at radius 3 is 2.83 bits per heavy atom. The normalized spacial score (nSPS) is 14.5. The van der Waals surface area contributed by atoms with Crippen molar-refractivity contribution in [1.29, 1.82) is 0 Å². The molecule has 4 nitrogen and oxygen atoms in total. The van der Waals surface area contributed by atoms with Crippen molar-refractivity contribution in [3.63, 3.8) is 0 Å². The largest absolute Gasteiger partial charge is 0.397 e. The molecule has 0 aromatic carbocycles. The van der Waals surface area contributed by atoms with Crippen LogP contribution in [0.5, 0.6) is 0 Å². The maximum absolute atomic E-state index is 12.2. The summed E-state index contributed by atoms with van der Waals surface area (Å²) < 4.78 is 0. The zero-order valence-electron chi connectivity index (χ0n) is 10.9. The van der Waals surface area contributed by atoms with Crippen LogP contribution in [0.3, 0.4) is 0 Å². The summed E-state index contributed by atoms with van der Waals surface area (Å²) in [6, 6.07) is 3.62. The van der Waals surface area contributed by atoms with Crippen molar-refractivity contribution in [2.45, 2.75) is 32.6 Å². The van der Waals surface area contributed by atoms with Gasteiger partial charge in [0.25, 0.3) is 0 Å². The minimum Gasteiger partial charge on any atom is -0.397 e. The molecule has 1 aromatic rings. The number of aromatic nitrogens is 1. The van der Waals surface area contributed by atoms with Crippen LogP contribution in [0, 0.1) is 5.92 Å². The number of nitrogen functional groups attached to an aromatic ring is 1. The maximum Gasteiger partial charge on any atom is 0.228 e. The number of amides is 1. The summed E-state index contributed by atoms with van der Waals surface area (Å²) >= 11 is 0. The fraction of sp³-hybridized carbons (Fsp3) is 0.571. The van der Waals surface area contributed by atoms with Gasteiger partial charge in [0, 0.05) is 18.8 Å². The zero-order chi connectivity index (χ0) is 13.0. The summed E-state index contributed by atoms with van der Waals surface area (Å²) in [7, 11) is 0. The SMILES string of the molecule is CCCN(CC1CC1)C(=O)Cc1ccc(N)cn1. The third kappa shape index (κ3) is 3.72. The van der Waals surface area contributed by atoms with E-state index < -0.39 is 0 Å². The van der Waals surface area contributed by atoms with Crippen LogP contribution in [0.2, 0.25) is 0 Å². The van der Waals surface area contributed by atoms with Gasteiger partial charge in [-0.15, -0.1) is 0 Å². The molecule has 1 aromatic heterocycles. The lowest BCUT2D eigenvalue weighted by molar-refractivity contribution is -0.130. The summed E-state index contributed by atoms with van der Waals surface area (Å²) in [5, 5.41) is 0. The monoisotopic (exact) mass is 247 g/mol. The highest BCUT2D eigenvalue weighted by molar-refractivity contribution is 5.78. The van der Waals surface area contributed by atoms with E-state index in [0.717, 1.165) is 31.1 Å². The Hall–Kier alpha value is -1.58. The van der Waals surface area contributed by atoms with Gasteiger partial charge >= 0.3 is 0 Å². The van der Waals surface area contributed by atoms with Crippen molar-refractivity contribution in [3.8, 4) is 0 Å². The summed E-state index contributed by atoms with van der Waals surface area (Å²) in [6.07, 6.45) is 5.54. The lowest BCUT2D eigenvalue weighted by Crippen LogP contribution is -2.34. The molecule has 2 N–H and O–H groups in total. The Balaban J connectivity index is 1.92. The molecule has 0 aliphatic heterocycles. The lowest BCUT2D eigenvalue weighted by Gasteiger charge is -2.21. The van der Waals surface area contributed by atoms with Crippen LogP contribution in [0.15, 0.2) is 18.3 Å².